The fraction of sp³-hybridized carbons (Fsp3) is 0.250. The van der Waals surface area contributed by atoms with E-state index in [-0.39, 0.29) is 11.4 Å². The van der Waals surface area contributed by atoms with Crippen LogP contribution in [0.2, 0.25) is 0 Å². The van der Waals surface area contributed by atoms with Gasteiger partial charge in [-0.15, -0.1) is 11.8 Å². The van der Waals surface area contributed by atoms with Crippen LogP contribution in [0.1, 0.15) is 25.0 Å². The summed E-state index contributed by atoms with van der Waals surface area (Å²) < 4.78 is 57.6. The molecule has 0 aliphatic heterocycles. The number of nitrogens with zero attached hydrogens (tertiary/aromatic N) is 1. The van der Waals surface area contributed by atoms with Crippen LogP contribution >= 0.6 is 11.8 Å². The number of carbonyl (C=O) groups excluding carboxylic acids is 2. The normalized spacial score (nSPS) is 13.1. The fourth-order valence-electron chi connectivity index (χ4n) is 2.43. The Morgan fingerprint density at radius 2 is 1.80 bits per heavy atom. The lowest BCUT2D eigenvalue weighted by Gasteiger charge is -2.27. The zero-order valence-corrected chi connectivity index (χ0v) is 16.7. The number of thioether (sulfide) groups is 1. The van der Waals surface area contributed by atoms with Crippen LogP contribution in [-0.2, 0) is 20.5 Å². The Morgan fingerprint density at radius 3 is 2.33 bits per heavy atom. The Labute approximate surface area is 174 Å². The summed E-state index contributed by atoms with van der Waals surface area (Å²) in [5.41, 5.74) is -3.72. The highest BCUT2D eigenvalue weighted by Crippen LogP contribution is 2.34. The number of nitriles is 1. The molecule has 10 heteroatoms. The van der Waals surface area contributed by atoms with E-state index in [0.717, 1.165) is 30.8 Å². The molecule has 2 rings (SSSR count). The van der Waals surface area contributed by atoms with Crippen LogP contribution in [0.3, 0.4) is 0 Å². The number of ether oxygens (including phenoxy) is 1. The highest BCUT2D eigenvalue weighted by atomic mass is 32.2. The summed E-state index contributed by atoms with van der Waals surface area (Å²) in [6.45, 7) is 2.41. The highest BCUT2D eigenvalue weighted by molar-refractivity contribution is 7.99. The minimum atomic E-state index is -4.79. The Balaban J connectivity index is 2.25. The second kappa shape index (κ2) is 9.17. The number of amides is 1. The van der Waals surface area contributed by atoms with Crippen LogP contribution in [0.15, 0.2) is 47.4 Å². The molecule has 2 aromatic rings. The van der Waals surface area contributed by atoms with Crippen LogP contribution < -0.4 is 5.32 Å². The third-order valence-corrected chi connectivity index (χ3v) is 5.18. The van der Waals surface area contributed by atoms with Crippen LogP contribution in [-0.4, -0.2) is 23.2 Å². The number of alkyl halides is 3. The lowest BCUT2D eigenvalue weighted by Crippen LogP contribution is -2.46. The summed E-state index contributed by atoms with van der Waals surface area (Å²) in [6, 6.07) is 9.57. The van der Waals surface area contributed by atoms with Crippen LogP contribution in [0.5, 0.6) is 0 Å². The van der Waals surface area contributed by atoms with Crippen molar-refractivity contribution in [3.63, 3.8) is 0 Å². The Bertz CT molecular complexity index is 987. The Kier molecular flexibility index (Phi) is 7.10. The first kappa shape index (κ1) is 23.2. The largest absolute Gasteiger partial charge is 0.448 e. The quantitative estimate of drug-likeness (QED) is 0.398. The standard InChI is InChI=1S/C20H16F4N2O3S/c1-12(27)29-19(2,11-30-16-7-4-14(21)5-8-16)18(28)26-15-6-3-13(10-25)17(9-15)20(22,23)24/h3-9H,11H2,1-2H3,(H,26,28). The zero-order chi connectivity index (χ0) is 22.5. The monoisotopic (exact) mass is 440 g/mol. The van der Waals surface area contributed by atoms with Crippen molar-refractivity contribution in [3.8, 4) is 6.07 Å². The molecular weight excluding hydrogens is 424 g/mol. The molecule has 0 saturated carbocycles. The van der Waals surface area contributed by atoms with Gasteiger partial charge in [-0.3, -0.25) is 9.59 Å². The predicted octanol–water partition coefficient (Wildman–Crippen LogP) is 4.77. The van der Waals surface area contributed by atoms with Gasteiger partial charge in [-0.05, 0) is 49.4 Å². The van der Waals surface area contributed by atoms with Crippen LogP contribution in [0, 0.1) is 17.1 Å². The van der Waals surface area contributed by atoms with Gasteiger partial charge in [0.1, 0.15) is 5.82 Å². The summed E-state index contributed by atoms with van der Waals surface area (Å²) in [6.07, 6.45) is -4.79. The van der Waals surface area contributed by atoms with E-state index in [4.69, 9.17) is 10.00 Å². The molecule has 0 aromatic heterocycles. The number of hydrogen-bond donors (Lipinski definition) is 1. The minimum absolute atomic E-state index is 0.0769. The second-order valence-corrected chi connectivity index (χ2v) is 7.44. The molecule has 0 bridgehead atoms. The van der Waals surface area contributed by atoms with Crippen molar-refractivity contribution in [2.24, 2.45) is 0 Å². The van der Waals surface area contributed by atoms with E-state index < -0.39 is 40.6 Å². The molecule has 0 aliphatic carbocycles. The van der Waals surface area contributed by atoms with Crippen molar-refractivity contribution in [1.82, 2.24) is 0 Å². The third-order valence-electron chi connectivity index (χ3n) is 3.88. The summed E-state index contributed by atoms with van der Waals surface area (Å²) >= 11 is 1.10. The van der Waals surface area contributed by atoms with Gasteiger partial charge in [-0.1, -0.05) is 0 Å². The fourth-order valence-corrected chi connectivity index (χ4v) is 3.39. The Morgan fingerprint density at radius 1 is 1.17 bits per heavy atom. The highest BCUT2D eigenvalue weighted by Gasteiger charge is 2.38. The summed E-state index contributed by atoms with van der Waals surface area (Å²) in [5, 5.41) is 11.2. The maximum atomic E-state index is 13.1. The van der Waals surface area contributed by atoms with Gasteiger partial charge in [0.15, 0.2) is 5.60 Å². The lowest BCUT2D eigenvalue weighted by molar-refractivity contribution is -0.160. The topological polar surface area (TPSA) is 79.2 Å². The lowest BCUT2D eigenvalue weighted by atomic mass is 10.1. The number of hydrogen-bond acceptors (Lipinski definition) is 5. The first-order valence-corrected chi connectivity index (χ1v) is 9.44. The molecule has 0 aliphatic rings. The average Bonchev–Trinajstić information content (AvgIpc) is 2.66. The van der Waals surface area contributed by atoms with Crippen molar-refractivity contribution >= 4 is 29.3 Å². The van der Waals surface area contributed by atoms with E-state index in [0.29, 0.717) is 11.0 Å². The first-order valence-electron chi connectivity index (χ1n) is 8.45. The molecule has 5 nitrogen and oxygen atoms in total. The molecule has 0 radical (unpaired) electrons. The number of nitrogens with one attached hydrogen (secondary N) is 1. The van der Waals surface area contributed by atoms with Crippen molar-refractivity contribution < 1.29 is 31.9 Å². The van der Waals surface area contributed by atoms with Crippen LogP contribution in [0.25, 0.3) is 0 Å². The van der Waals surface area contributed by atoms with Crippen molar-refractivity contribution in [2.45, 2.75) is 30.5 Å². The maximum Gasteiger partial charge on any atom is 0.417 e. The number of benzene rings is 2. The Hall–Kier alpha value is -3.06. The third kappa shape index (κ3) is 5.97. The van der Waals surface area contributed by atoms with Gasteiger partial charge in [-0.2, -0.15) is 18.4 Å². The second-order valence-electron chi connectivity index (χ2n) is 6.39. The molecule has 0 heterocycles. The summed E-state index contributed by atoms with van der Waals surface area (Å²) in [4.78, 5) is 24.8. The molecule has 0 spiro atoms. The zero-order valence-electron chi connectivity index (χ0n) is 15.8. The molecule has 1 atom stereocenters. The van der Waals surface area contributed by atoms with E-state index in [1.54, 1.807) is 0 Å². The van der Waals surface area contributed by atoms with E-state index in [1.807, 2.05) is 0 Å². The molecule has 1 unspecified atom stereocenters. The molecular formula is C20H16F4N2O3S. The molecule has 0 fully saturated rings. The van der Waals surface area contributed by atoms with E-state index in [1.165, 1.54) is 37.3 Å². The van der Waals surface area contributed by atoms with Gasteiger partial charge in [0, 0.05) is 23.3 Å². The maximum absolute atomic E-state index is 13.1. The minimum Gasteiger partial charge on any atom is -0.448 e. The summed E-state index contributed by atoms with van der Waals surface area (Å²) in [7, 11) is 0. The van der Waals surface area contributed by atoms with E-state index in [2.05, 4.69) is 5.32 Å². The number of carbonyl (C=O) groups is 2. The van der Waals surface area contributed by atoms with Crippen molar-refractivity contribution in [1.29, 1.82) is 5.26 Å². The van der Waals surface area contributed by atoms with E-state index >= 15 is 0 Å². The van der Waals surface area contributed by atoms with Gasteiger partial charge in [-0.25, -0.2) is 4.39 Å². The average molecular weight is 440 g/mol. The molecule has 1 N–H and O–H groups in total. The van der Waals surface area contributed by atoms with Gasteiger partial charge in [0.25, 0.3) is 5.91 Å². The van der Waals surface area contributed by atoms with E-state index in [9.17, 15) is 27.2 Å². The van der Waals surface area contributed by atoms with Crippen LogP contribution in [0.4, 0.5) is 23.2 Å². The van der Waals surface area contributed by atoms with Crippen molar-refractivity contribution in [2.75, 3.05) is 11.1 Å². The van der Waals surface area contributed by atoms with Crippen molar-refractivity contribution in [3.05, 3.63) is 59.4 Å². The number of halogens is 4. The number of anilines is 1. The van der Waals surface area contributed by atoms with Gasteiger partial charge < -0.3 is 10.1 Å². The molecule has 0 saturated heterocycles. The first-order chi connectivity index (χ1) is 13.9. The predicted molar refractivity (Wildman–Crippen MR) is 102 cm³/mol. The van der Waals surface area contributed by atoms with Gasteiger partial charge in [0.2, 0.25) is 0 Å². The van der Waals surface area contributed by atoms with Gasteiger partial charge in [0.05, 0.1) is 17.2 Å². The SMILES string of the molecule is CC(=O)OC(C)(CSc1ccc(F)cc1)C(=O)Nc1ccc(C#N)c(C(F)(F)F)c1. The number of esters is 1. The number of rotatable bonds is 6. The molecule has 1 amide bonds. The summed E-state index contributed by atoms with van der Waals surface area (Å²) in [5.74, 6) is -2.14. The molecule has 30 heavy (non-hydrogen) atoms. The van der Waals surface area contributed by atoms with Gasteiger partial charge >= 0.3 is 12.1 Å². The molecule has 158 valence electrons. The molecule has 2 aromatic carbocycles. The smallest absolute Gasteiger partial charge is 0.417 e.